The van der Waals surface area contributed by atoms with Crippen molar-refractivity contribution in [3.63, 3.8) is 0 Å². The zero-order valence-corrected chi connectivity index (χ0v) is 10.8. The summed E-state index contributed by atoms with van der Waals surface area (Å²) in [6.07, 6.45) is 6.96. The van der Waals surface area contributed by atoms with Gasteiger partial charge in [-0.2, -0.15) is 5.92 Å². The molecule has 1 aromatic carbocycles. The fraction of sp³-hybridized carbons (Fsp3) is 0.462. The number of hydrogen-bond donors (Lipinski definition) is 0. The average molecular weight is 313 g/mol. The molecule has 0 nitrogen and oxygen atoms in total. The number of hydrogen-bond acceptors (Lipinski definition) is 0. The molecule has 0 saturated heterocycles. The molecule has 0 amide bonds. The van der Waals surface area contributed by atoms with Gasteiger partial charge in [-0.15, -0.1) is 5.92 Å². The molecule has 0 heterocycles. The number of benzene rings is 1. The minimum atomic E-state index is 0.778. The quantitative estimate of drug-likeness (QED) is 0.541. The van der Waals surface area contributed by atoms with Gasteiger partial charge >= 0.3 is 27.7 Å². The van der Waals surface area contributed by atoms with Crippen molar-refractivity contribution in [3.05, 3.63) is 42.3 Å². The summed E-state index contributed by atoms with van der Waals surface area (Å²) in [4.78, 5) is 0. The van der Waals surface area contributed by atoms with Gasteiger partial charge in [-0.3, -0.25) is 0 Å². The van der Waals surface area contributed by atoms with E-state index in [4.69, 9.17) is 0 Å². The van der Waals surface area contributed by atoms with E-state index in [1.807, 2.05) is 0 Å². The van der Waals surface area contributed by atoms with Crippen molar-refractivity contribution in [3.8, 4) is 0 Å². The summed E-state index contributed by atoms with van der Waals surface area (Å²) >= 11 is 2.22. The van der Waals surface area contributed by atoms with E-state index in [1.54, 1.807) is 0 Å². The van der Waals surface area contributed by atoms with E-state index in [0.717, 1.165) is 17.8 Å². The first-order valence-corrected chi connectivity index (χ1v) is 7.45. The molecular weight excluding hydrogens is 298 g/mol. The van der Waals surface area contributed by atoms with E-state index in [-0.39, 0.29) is 0 Å². The molecule has 2 saturated carbocycles. The van der Waals surface area contributed by atoms with Crippen LogP contribution in [0, 0.1) is 18.3 Å². The number of rotatable bonds is 1. The van der Waals surface area contributed by atoms with Gasteiger partial charge in [0.25, 0.3) is 0 Å². The summed E-state index contributed by atoms with van der Waals surface area (Å²) in [5, 5.41) is 0. The molecule has 84 valence electrons. The second-order valence-corrected chi connectivity index (χ2v) is 4.46. The van der Waals surface area contributed by atoms with Crippen LogP contribution in [0.2, 0.25) is 0 Å². The Morgan fingerprint density at radius 2 is 1.87 bits per heavy atom. The molecule has 2 bridgehead atoms. The Morgan fingerprint density at radius 3 is 2.40 bits per heavy atom. The van der Waals surface area contributed by atoms with Crippen LogP contribution in [0.25, 0.3) is 0 Å². The van der Waals surface area contributed by atoms with E-state index in [0.29, 0.717) is 0 Å². The number of fused-ring (bicyclic) bond motifs is 2. The second-order valence-electron chi connectivity index (χ2n) is 4.46. The summed E-state index contributed by atoms with van der Waals surface area (Å²) < 4.78 is 0. The monoisotopic (exact) mass is 312 g/mol. The van der Waals surface area contributed by atoms with Crippen molar-refractivity contribution < 1.29 is 18.2 Å². The fourth-order valence-corrected chi connectivity index (χ4v) is 3.06. The topological polar surface area (TPSA) is 0 Å². The molecule has 1 aromatic rings. The Labute approximate surface area is 107 Å². The molecule has 1 unspecified atom stereocenters. The van der Waals surface area contributed by atoms with Crippen molar-refractivity contribution in [2.45, 2.75) is 25.2 Å². The largest absolute Gasteiger partial charge is 0.318 e. The van der Waals surface area contributed by atoms with Gasteiger partial charge in [-0.25, -0.2) is 0 Å². The second kappa shape index (κ2) is 5.49. The standard InChI is InChI=1S/C13H15.ClH.Pd/c1-2-4-11(5-3-1)13-9-10-6-7-12(13)8-10;;/h1-5,9-10,12-13H,6-8H2;1H;/q-1;;+2/p-1/t10-,12+,13?;;/m1../s1. The van der Waals surface area contributed by atoms with E-state index in [1.165, 1.54) is 24.8 Å². The molecule has 0 spiro atoms. The summed E-state index contributed by atoms with van der Waals surface area (Å²) in [7, 11) is 4.49. The van der Waals surface area contributed by atoms with Gasteiger partial charge in [-0.05, 0) is 0 Å². The van der Waals surface area contributed by atoms with E-state index >= 15 is 0 Å². The molecule has 2 heteroatoms. The summed E-state index contributed by atoms with van der Waals surface area (Å²) in [6.45, 7) is 0. The first kappa shape index (κ1) is 11.7. The van der Waals surface area contributed by atoms with Crippen molar-refractivity contribution in [1.82, 2.24) is 0 Å². The molecule has 15 heavy (non-hydrogen) atoms. The van der Waals surface area contributed by atoms with Crippen LogP contribution in [0.4, 0.5) is 0 Å². The first-order valence-electron chi connectivity index (χ1n) is 5.45. The molecule has 2 aliphatic carbocycles. The predicted molar refractivity (Wildman–Crippen MR) is 60.2 cm³/mol. The van der Waals surface area contributed by atoms with E-state index in [2.05, 4.69) is 64.5 Å². The van der Waals surface area contributed by atoms with Crippen molar-refractivity contribution in [2.75, 3.05) is 0 Å². The molecule has 0 radical (unpaired) electrons. The Hall–Kier alpha value is 0.172. The average Bonchev–Trinajstić information content (AvgIpc) is 2.95. The molecule has 2 fully saturated rings. The maximum absolute atomic E-state index is 4.49. The van der Waals surface area contributed by atoms with E-state index < -0.39 is 0 Å². The third-order valence-electron chi connectivity index (χ3n) is 3.69. The van der Waals surface area contributed by atoms with Gasteiger partial charge in [0.05, 0.1) is 0 Å². The Kier molecular flexibility index (Phi) is 4.26. The number of halogens is 1. The Balaban J connectivity index is 0.000000404. The van der Waals surface area contributed by atoms with Crippen LogP contribution in [-0.4, -0.2) is 0 Å². The van der Waals surface area contributed by atoms with Crippen LogP contribution in [0.15, 0.2) is 30.3 Å². The maximum Gasteiger partial charge on any atom is -0.0546 e. The van der Waals surface area contributed by atoms with Crippen LogP contribution in [0.1, 0.15) is 30.7 Å². The normalized spacial score (nSPS) is 32.3. The summed E-state index contributed by atoms with van der Waals surface area (Å²) in [6, 6.07) is 11.0. The Bertz CT molecular complexity index is 299. The third kappa shape index (κ3) is 2.47. The maximum atomic E-state index is 4.49. The molecule has 3 atom stereocenters. The van der Waals surface area contributed by atoms with Gasteiger partial charge in [0.15, 0.2) is 0 Å². The Morgan fingerprint density at radius 1 is 1.13 bits per heavy atom. The van der Waals surface area contributed by atoms with Gasteiger partial charge in [0.2, 0.25) is 0 Å². The zero-order chi connectivity index (χ0) is 10.7. The van der Waals surface area contributed by atoms with Gasteiger partial charge in [0, 0.05) is 0 Å². The van der Waals surface area contributed by atoms with Crippen LogP contribution in [-0.2, 0) is 18.2 Å². The van der Waals surface area contributed by atoms with Gasteiger partial charge < -0.3 is 6.42 Å². The van der Waals surface area contributed by atoms with Crippen LogP contribution >= 0.6 is 9.53 Å². The van der Waals surface area contributed by atoms with Crippen LogP contribution < -0.4 is 0 Å². The summed E-state index contributed by atoms with van der Waals surface area (Å²) in [5.74, 6) is 2.68. The van der Waals surface area contributed by atoms with Crippen molar-refractivity contribution >= 4 is 9.53 Å². The van der Waals surface area contributed by atoms with Crippen molar-refractivity contribution in [2.24, 2.45) is 11.8 Å². The van der Waals surface area contributed by atoms with E-state index in [9.17, 15) is 0 Å². The summed E-state index contributed by atoms with van der Waals surface area (Å²) in [5.41, 5.74) is 1.54. The van der Waals surface area contributed by atoms with Crippen molar-refractivity contribution in [1.29, 1.82) is 0 Å². The predicted octanol–water partition coefficient (Wildman–Crippen LogP) is 4.09. The first-order chi connectivity index (χ1) is 7.43. The zero-order valence-electron chi connectivity index (χ0n) is 8.51. The SMILES string of the molecule is [Cl][Pd+].c1ccc(C2[CH-][C@@H]3CC[C@H]2C3)cc1. The van der Waals surface area contributed by atoms with Gasteiger partial charge in [-0.1, -0.05) is 61.1 Å². The molecule has 2 aliphatic rings. The fourth-order valence-electron chi connectivity index (χ4n) is 3.06. The minimum absolute atomic E-state index is 0.778. The molecular formula is C13H15ClPd. The van der Waals surface area contributed by atoms with Crippen LogP contribution in [0.3, 0.4) is 0 Å². The van der Waals surface area contributed by atoms with Crippen LogP contribution in [0.5, 0.6) is 0 Å². The smallest absolute Gasteiger partial charge is 0.0546 e. The molecule has 0 aromatic heterocycles. The minimum Gasteiger partial charge on any atom is -0.318 e. The molecule has 0 aliphatic heterocycles. The van der Waals surface area contributed by atoms with Gasteiger partial charge in [0.1, 0.15) is 0 Å². The molecule has 0 N–H and O–H groups in total. The molecule has 3 rings (SSSR count). The third-order valence-corrected chi connectivity index (χ3v) is 3.69.